The molecule has 0 aliphatic heterocycles. The molecular formula is C22H58N4O3Si3. The maximum Gasteiger partial charge on any atom is 0.500 e. The molecule has 0 atom stereocenters. The van der Waals surface area contributed by atoms with Gasteiger partial charge in [-0.25, -0.2) is 0 Å². The smallest absolute Gasteiger partial charge is 0.377 e. The van der Waals surface area contributed by atoms with E-state index in [4.69, 9.17) is 19.0 Å². The maximum absolute atomic E-state index is 5.35. The summed E-state index contributed by atoms with van der Waals surface area (Å²) in [5.74, 6) is 0. The van der Waals surface area contributed by atoms with E-state index in [1.165, 1.54) is 38.0 Å². The second kappa shape index (κ2) is 20.7. The van der Waals surface area contributed by atoms with Crippen LogP contribution in [0.25, 0.3) is 0 Å². The summed E-state index contributed by atoms with van der Waals surface area (Å²) in [6.07, 6.45) is 3.68. The van der Waals surface area contributed by atoms with Crippen molar-refractivity contribution in [1.29, 1.82) is 0 Å². The van der Waals surface area contributed by atoms with Crippen LogP contribution in [0.3, 0.4) is 0 Å². The van der Waals surface area contributed by atoms with Crippen molar-refractivity contribution >= 4 is 25.0 Å². The van der Waals surface area contributed by atoms with Gasteiger partial charge in [0.2, 0.25) is 0 Å². The topological polar surface area (TPSA) is 89.8 Å². The van der Waals surface area contributed by atoms with Crippen LogP contribution in [0.5, 0.6) is 0 Å². The van der Waals surface area contributed by atoms with Crippen molar-refractivity contribution < 1.29 is 13.3 Å². The Morgan fingerprint density at radius 2 is 0.875 bits per heavy atom. The van der Waals surface area contributed by atoms with Gasteiger partial charge in [0.25, 0.3) is 0 Å². The molecule has 0 aromatic rings. The molecule has 196 valence electrons. The summed E-state index contributed by atoms with van der Waals surface area (Å²) in [5, 5.41) is 10.3. The molecule has 0 fully saturated rings. The van der Waals surface area contributed by atoms with Crippen LogP contribution in [0.15, 0.2) is 0 Å². The molecule has 7 nitrogen and oxygen atoms in total. The normalized spacial score (nSPS) is 12.6. The monoisotopic (exact) mass is 510 g/mol. The summed E-state index contributed by atoms with van der Waals surface area (Å²) in [4.78, 5) is 0. The molecule has 0 saturated carbocycles. The zero-order valence-corrected chi connectivity index (χ0v) is 26.0. The Balaban J connectivity index is 0. The highest BCUT2D eigenvalue weighted by molar-refractivity contribution is 6.76. The summed E-state index contributed by atoms with van der Waals surface area (Å²) in [5.41, 5.74) is 5.35. The minimum Gasteiger partial charge on any atom is -0.377 e. The van der Waals surface area contributed by atoms with Crippen LogP contribution < -0.4 is 21.7 Å². The summed E-state index contributed by atoms with van der Waals surface area (Å²) in [6.45, 7) is 21.8. The fourth-order valence-electron chi connectivity index (χ4n) is 3.13. The molecule has 0 radical (unpaired) electrons. The SMILES string of the molecule is CO[Si](CCCNCCN)(OC)OC.C[Si](C)(C)CCCNCCNCCC[Si](C)(C)C. The molecule has 0 aromatic carbocycles. The third-order valence-electron chi connectivity index (χ3n) is 5.13. The van der Waals surface area contributed by atoms with E-state index in [2.05, 4.69) is 55.2 Å². The lowest BCUT2D eigenvalue weighted by Gasteiger charge is -2.24. The second-order valence-corrected chi connectivity index (χ2v) is 25.1. The largest absolute Gasteiger partial charge is 0.500 e. The number of nitrogens with two attached hydrogens (primary N) is 1. The fourth-order valence-corrected chi connectivity index (χ4v) is 7.32. The first-order valence-corrected chi connectivity index (χ1v) is 21.8. The van der Waals surface area contributed by atoms with E-state index >= 15 is 0 Å². The Labute approximate surface area is 203 Å². The molecule has 5 N–H and O–H groups in total. The first-order chi connectivity index (χ1) is 14.9. The Hall–Kier alpha value is 0.371. The summed E-state index contributed by atoms with van der Waals surface area (Å²) in [6, 6.07) is 3.72. The lowest BCUT2D eigenvalue weighted by molar-refractivity contribution is 0.123. The first-order valence-electron chi connectivity index (χ1n) is 12.4. The molecule has 0 aliphatic carbocycles. The van der Waals surface area contributed by atoms with Crippen LogP contribution in [0.4, 0.5) is 0 Å². The van der Waals surface area contributed by atoms with Crippen LogP contribution in [0.1, 0.15) is 19.3 Å². The fraction of sp³-hybridized carbons (Fsp3) is 1.00. The standard InChI is InChI=1S/C14H36N2Si2.C8H22N2O3Si/c1-17(2,3)13-7-9-15-11-12-16-10-8-14-18(4,5)6;1-11-14(12-2,13-3)8-4-6-10-7-5-9/h15-16H,7-14H2,1-6H3;10H,4-9H2,1-3H3. The Morgan fingerprint density at radius 3 is 1.19 bits per heavy atom. The zero-order chi connectivity index (χ0) is 24.9. The number of rotatable bonds is 20. The minimum absolute atomic E-state index is 0.668. The van der Waals surface area contributed by atoms with Gasteiger partial charge in [0.15, 0.2) is 0 Å². The van der Waals surface area contributed by atoms with E-state index < -0.39 is 25.0 Å². The van der Waals surface area contributed by atoms with E-state index in [-0.39, 0.29) is 0 Å². The third-order valence-corrected chi connectivity index (χ3v) is 11.7. The zero-order valence-electron chi connectivity index (χ0n) is 23.0. The number of hydrogen-bond donors (Lipinski definition) is 4. The molecule has 0 aliphatic rings. The summed E-state index contributed by atoms with van der Waals surface area (Å²) in [7, 11) is 0.920. The lowest BCUT2D eigenvalue weighted by Crippen LogP contribution is -2.43. The van der Waals surface area contributed by atoms with Gasteiger partial charge >= 0.3 is 8.80 Å². The van der Waals surface area contributed by atoms with Gasteiger partial charge in [-0.15, -0.1) is 0 Å². The van der Waals surface area contributed by atoms with Gasteiger partial charge in [0.1, 0.15) is 0 Å². The van der Waals surface area contributed by atoms with Crippen molar-refractivity contribution in [2.45, 2.75) is 76.7 Å². The van der Waals surface area contributed by atoms with Crippen molar-refractivity contribution in [2.75, 3.05) is 67.1 Å². The average molecular weight is 511 g/mol. The third kappa shape index (κ3) is 25.0. The maximum atomic E-state index is 5.35. The van der Waals surface area contributed by atoms with Crippen molar-refractivity contribution in [3.05, 3.63) is 0 Å². The quantitative estimate of drug-likeness (QED) is 0.147. The molecule has 0 spiro atoms. The molecule has 10 heteroatoms. The predicted molar refractivity (Wildman–Crippen MR) is 149 cm³/mol. The number of hydrogen-bond acceptors (Lipinski definition) is 7. The first kappa shape index (κ1) is 34.5. The molecule has 0 amide bonds. The van der Waals surface area contributed by atoms with Gasteiger partial charge in [-0.3, -0.25) is 0 Å². The van der Waals surface area contributed by atoms with Gasteiger partial charge in [-0.2, -0.15) is 0 Å². The Bertz CT molecular complexity index is 375. The molecular weight excluding hydrogens is 453 g/mol. The average Bonchev–Trinajstić information content (AvgIpc) is 2.71. The van der Waals surface area contributed by atoms with Crippen LogP contribution in [-0.2, 0) is 13.3 Å². The summed E-state index contributed by atoms with van der Waals surface area (Å²) < 4.78 is 15.9. The molecule has 0 rings (SSSR count). The van der Waals surface area contributed by atoms with Gasteiger partial charge < -0.3 is 35.0 Å². The Kier molecular flexibility index (Phi) is 22.4. The Morgan fingerprint density at radius 1 is 0.531 bits per heavy atom. The van der Waals surface area contributed by atoms with E-state index in [1.54, 1.807) is 21.3 Å². The molecule has 0 heterocycles. The second-order valence-electron chi connectivity index (χ2n) is 10.8. The van der Waals surface area contributed by atoms with E-state index in [0.29, 0.717) is 6.54 Å². The van der Waals surface area contributed by atoms with E-state index in [9.17, 15) is 0 Å². The molecule has 0 unspecified atom stereocenters. The van der Waals surface area contributed by atoms with E-state index in [1.807, 2.05) is 0 Å². The highest BCUT2D eigenvalue weighted by Crippen LogP contribution is 2.14. The van der Waals surface area contributed by atoms with Crippen LogP contribution in [0, 0.1) is 0 Å². The predicted octanol–water partition coefficient (Wildman–Crippen LogP) is 3.43. The van der Waals surface area contributed by atoms with Crippen molar-refractivity contribution in [3.8, 4) is 0 Å². The van der Waals surface area contributed by atoms with Crippen LogP contribution in [-0.4, -0.2) is 92.1 Å². The molecule has 32 heavy (non-hydrogen) atoms. The molecule has 0 saturated heterocycles. The van der Waals surface area contributed by atoms with Gasteiger partial charge in [0, 0.05) is 69.7 Å². The number of nitrogens with one attached hydrogen (secondary N) is 3. The highest BCUT2D eigenvalue weighted by Gasteiger charge is 2.36. The van der Waals surface area contributed by atoms with E-state index in [0.717, 1.165) is 38.6 Å². The highest BCUT2D eigenvalue weighted by atomic mass is 28.4. The molecule has 0 bridgehead atoms. The lowest BCUT2D eigenvalue weighted by atomic mass is 10.4. The summed E-state index contributed by atoms with van der Waals surface area (Å²) >= 11 is 0. The minimum atomic E-state index is -2.35. The van der Waals surface area contributed by atoms with Crippen molar-refractivity contribution in [1.82, 2.24) is 16.0 Å². The van der Waals surface area contributed by atoms with Crippen LogP contribution >= 0.6 is 0 Å². The van der Waals surface area contributed by atoms with Gasteiger partial charge in [-0.05, 0) is 38.9 Å². The van der Waals surface area contributed by atoms with Gasteiger partial charge in [0.05, 0.1) is 0 Å². The van der Waals surface area contributed by atoms with Crippen LogP contribution in [0.2, 0.25) is 57.4 Å². The van der Waals surface area contributed by atoms with Crippen molar-refractivity contribution in [3.63, 3.8) is 0 Å². The van der Waals surface area contributed by atoms with Crippen molar-refractivity contribution in [2.24, 2.45) is 5.73 Å². The molecule has 0 aromatic heterocycles. The van der Waals surface area contributed by atoms with Gasteiger partial charge in [-0.1, -0.05) is 51.4 Å².